The first-order chi connectivity index (χ1) is 8.83. The second-order valence-corrected chi connectivity index (χ2v) is 5.46. The Morgan fingerprint density at radius 2 is 1.67 bits per heavy atom. The largest absolute Gasteiger partial charge is 0.353 e. The first kappa shape index (κ1) is 15.5. The number of amides is 1. The molecule has 3 nitrogen and oxygen atoms in total. The van der Waals surface area contributed by atoms with Crippen molar-refractivity contribution in [3.8, 4) is 0 Å². The Hall–Kier alpha value is -0.570. The molecule has 1 fully saturated rings. The molecule has 1 amide bonds. The summed E-state index contributed by atoms with van der Waals surface area (Å²) in [5.41, 5.74) is 0. The van der Waals surface area contributed by atoms with Crippen molar-refractivity contribution < 1.29 is 4.79 Å². The fourth-order valence-electron chi connectivity index (χ4n) is 2.06. The standard InChI is InChI=1S/C15H30N2O/c1-2-3-4-5-6-7-8-12-16-13-11-15(18)17-14-9-10-14/h14,16H,2-13H2,1H3,(H,17,18). The summed E-state index contributed by atoms with van der Waals surface area (Å²) in [4.78, 5) is 11.4. The summed E-state index contributed by atoms with van der Waals surface area (Å²) in [6.07, 6.45) is 12.4. The van der Waals surface area contributed by atoms with Gasteiger partial charge in [0.15, 0.2) is 0 Å². The van der Waals surface area contributed by atoms with Crippen molar-refractivity contribution in [3.05, 3.63) is 0 Å². The van der Waals surface area contributed by atoms with Gasteiger partial charge in [-0.1, -0.05) is 45.4 Å². The molecule has 0 atom stereocenters. The number of carbonyl (C=O) groups excluding carboxylic acids is 1. The molecule has 0 aromatic heterocycles. The molecule has 0 saturated heterocycles. The molecule has 1 rings (SSSR count). The maximum Gasteiger partial charge on any atom is 0.221 e. The third kappa shape index (κ3) is 9.46. The number of hydrogen-bond acceptors (Lipinski definition) is 2. The average Bonchev–Trinajstić information content (AvgIpc) is 3.15. The molecule has 1 aliphatic rings. The summed E-state index contributed by atoms with van der Waals surface area (Å²) < 4.78 is 0. The highest BCUT2D eigenvalue weighted by atomic mass is 16.1. The van der Waals surface area contributed by atoms with Crippen LogP contribution in [0.25, 0.3) is 0 Å². The fraction of sp³-hybridized carbons (Fsp3) is 0.933. The molecule has 0 spiro atoms. The van der Waals surface area contributed by atoms with Gasteiger partial charge in [-0.15, -0.1) is 0 Å². The van der Waals surface area contributed by atoms with Gasteiger partial charge in [0.2, 0.25) is 5.91 Å². The molecule has 0 radical (unpaired) electrons. The summed E-state index contributed by atoms with van der Waals surface area (Å²) >= 11 is 0. The molecule has 1 aliphatic carbocycles. The van der Waals surface area contributed by atoms with Crippen LogP contribution in [-0.2, 0) is 4.79 Å². The third-order valence-corrected chi connectivity index (χ3v) is 3.43. The predicted octanol–water partition coefficient (Wildman–Crippen LogP) is 3.00. The molecular formula is C15H30N2O. The first-order valence-corrected chi connectivity index (χ1v) is 7.83. The van der Waals surface area contributed by atoms with Crippen molar-refractivity contribution in [2.24, 2.45) is 0 Å². The summed E-state index contributed by atoms with van der Waals surface area (Å²) in [5, 5.41) is 6.36. The van der Waals surface area contributed by atoms with Gasteiger partial charge in [0.1, 0.15) is 0 Å². The summed E-state index contributed by atoms with van der Waals surface area (Å²) in [5.74, 6) is 0.213. The highest BCUT2D eigenvalue weighted by Crippen LogP contribution is 2.18. The van der Waals surface area contributed by atoms with Gasteiger partial charge in [-0.25, -0.2) is 0 Å². The Morgan fingerprint density at radius 1 is 1.00 bits per heavy atom. The van der Waals surface area contributed by atoms with Crippen LogP contribution in [0.4, 0.5) is 0 Å². The molecular weight excluding hydrogens is 224 g/mol. The first-order valence-electron chi connectivity index (χ1n) is 7.83. The third-order valence-electron chi connectivity index (χ3n) is 3.43. The zero-order valence-corrected chi connectivity index (χ0v) is 12.0. The molecule has 0 unspecified atom stereocenters. The van der Waals surface area contributed by atoms with E-state index >= 15 is 0 Å². The fourth-order valence-corrected chi connectivity index (χ4v) is 2.06. The molecule has 0 bridgehead atoms. The molecule has 2 N–H and O–H groups in total. The Morgan fingerprint density at radius 3 is 2.33 bits per heavy atom. The van der Waals surface area contributed by atoms with Gasteiger partial charge >= 0.3 is 0 Å². The maximum atomic E-state index is 11.4. The lowest BCUT2D eigenvalue weighted by atomic mass is 10.1. The molecule has 0 heterocycles. The van der Waals surface area contributed by atoms with Gasteiger partial charge < -0.3 is 10.6 Å². The van der Waals surface area contributed by atoms with Crippen LogP contribution in [0.15, 0.2) is 0 Å². The van der Waals surface area contributed by atoms with E-state index in [-0.39, 0.29) is 5.91 Å². The monoisotopic (exact) mass is 254 g/mol. The van der Waals surface area contributed by atoms with Crippen LogP contribution in [0, 0.1) is 0 Å². The molecule has 0 aliphatic heterocycles. The quantitative estimate of drug-likeness (QED) is 0.526. The lowest BCUT2D eigenvalue weighted by Crippen LogP contribution is -2.29. The normalized spacial score (nSPS) is 14.7. The van der Waals surface area contributed by atoms with Crippen LogP contribution < -0.4 is 10.6 Å². The van der Waals surface area contributed by atoms with Crippen molar-refractivity contribution in [2.45, 2.75) is 77.2 Å². The van der Waals surface area contributed by atoms with Crippen molar-refractivity contribution in [1.29, 1.82) is 0 Å². The lowest BCUT2D eigenvalue weighted by Gasteiger charge is -2.05. The van der Waals surface area contributed by atoms with Crippen molar-refractivity contribution in [2.75, 3.05) is 13.1 Å². The van der Waals surface area contributed by atoms with Crippen LogP contribution in [0.2, 0.25) is 0 Å². The number of carbonyl (C=O) groups is 1. The highest BCUT2D eigenvalue weighted by molar-refractivity contribution is 5.76. The van der Waals surface area contributed by atoms with Gasteiger partial charge in [0.05, 0.1) is 0 Å². The smallest absolute Gasteiger partial charge is 0.221 e. The lowest BCUT2D eigenvalue weighted by molar-refractivity contribution is -0.121. The van der Waals surface area contributed by atoms with Crippen LogP contribution in [-0.4, -0.2) is 25.0 Å². The van der Waals surface area contributed by atoms with Crippen LogP contribution >= 0.6 is 0 Å². The Balaban J connectivity index is 1.71. The molecule has 1 saturated carbocycles. The Labute approximate surface area is 112 Å². The van der Waals surface area contributed by atoms with E-state index in [2.05, 4.69) is 17.6 Å². The van der Waals surface area contributed by atoms with Crippen molar-refractivity contribution >= 4 is 5.91 Å². The summed E-state index contributed by atoms with van der Waals surface area (Å²) in [6.45, 7) is 4.14. The van der Waals surface area contributed by atoms with Crippen molar-refractivity contribution in [3.63, 3.8) is 0 Å². The second kappa shape index (κ2) is 10.4. The summed E-state index contributed by atoms with van der Waals surface area (Å²) in [7, 11) is 0. The van der Waals surface area contributed by atoms with E-state index in [0.717, 1.165) is 13.1 Å². The number of rotatable bonds is 12. The minimum Gasteiger partial charge on any atom is -0.353 e. The van der Waals surface area contributed by atoms with Crippen molar-refractivity contribution in [1.82, 2.24) is 10.6 Å². The molecule has 106 valence electrons. The van der Waals surface area contributed by atoms with Crippen LogP contribution in [0.1, 0.15) is 71.1 Å². The number of nitrogens with one attached hydrogen (secondary N) is 2. The maximum absolute atomic E-state index is 11.4. The minimum absolute atomic E-state index is 0.213. The van der Waals surface area contributed by atoms with Gasteiger partial charge in [0.25, 0.3) is 0 Å². The molecule has 0 aromatic carbocycles. The van der Waals surface area contributed by atoms with Gasteiger partial charge in [0, 0.05) is 19.0 Å². The van der Waals surface area contributed by atoms with E-state index < -0.39 is 0 Å². The molecule has 0 aromatic rings. The van der Waals surface area contributed by atoms with Crippen LogP contribution in [0.3, 0.4) is 0 Å². The van der Waals surface area contributed by atoms with Gasteiger partial charge in [-0.3, -0.25) is 4.79 Å². The molecule has 18 heavy (non-hydrogen) atoms. The van der Waals surface area contributed by atoms with Gasteiger partial charge in [-0.2, -0.15) is 0 Å². The zero-order valence-electron chi connectivity index (χ0n) is 12.0. The number of unbranched alkanes of at least 4 members (excludes halogenated alkanes) is 6. The average molecular weight is 254 g/mol. The van der Waals surface area contributed by atoms with E-state index in [1.807, 2.05) is 0 Å². The number of hydrogen-bond donors (Lipinski definition) is 2. The SMILES string of the molecule is CCCCCCCCCNCCC(=O)NC1CC1. The van der Waals surface area contributed by atoms with E-state index in [1.54, 1.807) is 0 Å². The highest BCUT2D eigenvalue weighted by Gasteiger charge is 2.22. The second-order valence-electron chi connectivity index (χ2n) is 5.46. The van der Waals surface area contributed by atoms with E-state index in [9.17, 15) is 4.79 Å². The molecule has 3 heteroatoms. The summed E-state index contributed by atoms with van der Waals surface area (Å²) in [6, 6.07) is 0.501. The predicted molar refractivity (Wildman–Crippen MR) is 76.6 cm³/mol. The van der Waals surface area contributed by atoms with E-state index in [1.165, 1.54) is 57.8 Å². The minimum atomic E-state index is 0.213. The topological polar surface area (TPSA) is 41.1 Å². The van der Waals surface area contributed by atoms with E-state index in [4.69, 9.17) is 0 Å². The zero-order chi connectivity index (χ0) is 13.1. The Kier molecular flexibility index (Phi) is 8.92. The van der Waals surface area contributed by atoms with E-state index in [0.29, 0.717) is 12.5 Å². The van der Waals surface area contributed by atoms with Gasteiger partial charge in [-0.05, 0) is 25.8 Å². The van der Waals surface area contributed by atoms with Crippen LogP contribution in [0.5, 0.6) is 0 Å². The Bertz CT molecular complexity index is 215.